The average molecular weight is 221 g/mol. The van der Waals surface area contributed by atoms with E-state index in [4.69, 9.17) is 0 Å². The van der Waals surface area contributed by atoms with Crippen LogP contribution in [0.1, 0.15) is 19.8 Å². The van der Waals surface area contributed by atoms with Gasteiger partial charge in [0.15, 0.2) is 9.84 Å². The summed E-state index contributed by atoms with van der Waals surface area (Å²) in [6, 6.07) is -0.726. The first-order valence-electron chi connectivity index (χ1n) is 4.71. The van der Waals surface area contributed by atoms with Gasteiger partial charge in [-0.15, -0.1) is 0 Å². The maximum atomic E-state index is 11.1. The summed E-state index contributed by atoms with van der Waals surface area (Å²) in [5.41, 5.74) is 0. The van der Waals surface area contributed by atoms with Gasteiger partial charge in [-0.3, -0.25) is 0 Å². The number of rotatable bonds is 4. The predicted molar refractivity (Wildman–Crippen MR) is 48.1 cm³/mol. The largest absolute Gasteiger partial charge is 0.544 e. The van der Waals surface area contributed by atoms with Gasteiger partial charge >= 0.3 is 0 Å². The SMILES string of the molecule is CC[C@H]([NH2+][C@@H]1CCS(=O)(=O)C1)C(=O)[O-]. The highest BCUT2D eigenvalue weighted by atomic mass is 32.2. The second kappa shape index (κ2) is 4.27. The van der Waals surface area contributed by atoms with Crippen LogP contribution in [0.15, 0.2) is 0 Å². The molecule has 1 rings (SSSR count). The lowest BCUT2D eigenvalue weighted by molar-refractivity contribution is -0.710. The van der Waals surface area contributed by atoms with E-state index < -0.39 is 21.8 Å². The van der Waals surface area contributed by atoms with Gasteiger partial charge in [-0.1, -0.05) is 6.92 Å². The molecule has 0 aliphatic carbocycles. The molecule has 6 heteroatoms. The first-order chi connectivity index (χ1) is 6.44. The molecule has 1 aliphatic heterocycles. The molecule has 5 nitrogen and oxygen atoms in total. The van der Waals surface area contributed by atoms with Crippen LogP contribution >= 0.6 is 0 Å². The van der Waals surface area contributed by atoms with Crippen LogP contribution in [0.2, 0.25) is 0 Å². The molecule has 1 saturated heterocycles. The summed E-state index contributed by atoms with van der Waals surface area (Å²) < 4.78 is 22.2. The number of carboxylic acid groups (broad SMARTS) is 1. The molecule has 0 bridgehead atoms. The summed E-state index contributed by atoms with van der Waals surface area (Å²) >= 11 is 0. The number of carbonyl (C=O) groups excluding carboxylic acids is 1. The van der Waals surface area contributed by atoms with Gasteiger partial charge in [-0.25, -0.2) is 8.42 Å². The van der Waals surface area contributed by atoms with Crippen LogP contribution in [0.3, 0.4) is 0 Å². The Labute approximate surface area is 83.4 Å². The molecule has 0 radical (unpaired) electrons. The van der Waals surface area contributed by atoms with E-state index in [1.807, 2.05) is 0 Å². The fraction of sp³-hybridized carbons (Fsp3) is 0.875. The minimum Gasteiger partial charge on any atom is -0.544 e. The Morgan fingerprint density at radius 2 is 2.29 bits per heavy atom. The van der Waals surface area contributed by atoms with Crippen molar-refractivity contribution in [1.29, 1.82) is 0 Å². The minimum absolute atomic E-state index is 0.0940. The van der Waals surface area contributed by atoms with E-state index in [1.165, 1.54) is 0 Å². The van der Waals surface area contributed by atoms with Gasteiger partial charge in [0.1, 0.15) is 17.8 Å². The molecule has 0 aromatic carbocycles. The Balaban J connectivity index is 2.50. The van der Waals surface area contributed by atoms with Gasteiger partial charge in [0, 0.05) is 12.8 Å². The van der Waals surface area contributed by atoms with E-state index in [-0.39, 0.29) is 17.5 Å². The van der Waals surface area contributed by atoms with E-state index in [0.29, 0.717) is 12.8 Å². The standard InChI is InChI=1S/C8H15NO4S/c1-2-7(8(10)11)9-6-3-4-14(12,13)5-6/h6-7,9H,2-5H2,1H3,(H,10,11)/t6-,7+/m1/s1. The van der Waals surface area contributed by atoms with Crippen LogP contribution < -0.4 is 10.4 Å². The molecule has 0 aromatic rings. The smallest absolute Gasteiger partial charge is 0.156 e. The van der Waals surface area contributed by atoms with Gasteiger partial charge in [-0.05, 0) is 0 Å². The van der Waals surface area contributed by atoms with E-state index in [2.05, 4.69) is 0 Å². The highest BCUT2D eigenvalue weighted by molar-refractivity contribution is 7.91. The summed E-state index contributed by atoms with van der Waals surface area (Å²) in [7, 11) is -2.92. The van der Waals surface area contributed by atoms with Crippen molar-refractivity contribution in [2.24, 2.45) is 0 Å². The third-order valence-corrected chi connectivity index (χ3v) is 4.31. The lowest BCUT2D eigenvalue weighted by Crippen LogP contribution is -2.97. The Morgan fingerprint density at radius 3 is 2.64 bits per heavy atom. The van der Waals surface area contributed by atoms with Crippen LogP contribution in [-0.2, 0) is 14.6 Å². The molecule has 0 saturated carbocycles. The molecule has 1 aliphatic rings. The maximum Gasteiger partial charge on any atom is 0.156 e. The molecule has 14 heavy (non-hydrogen) atoms. The van der Waals surface area contributed by atoms with Crippen LogP contribution in [0.25, 0.3) is 0 Å². The first-order valence-corrected chi connectivity index (χ1v) is 6.53. The summed E-state index contributed by atoms with van der Waals surface area (Å²) in [6.45, 7) is 1.75. The molecule has 2 N–H and O–H groups in total. The average Bonchev–Trinajstić information content (AvgIpc) is 2.41. The quantitative estimate of drug-likeness (QED) is 0.558. The van der Waals surface area contributed by atoms with Gasteiger partial charge in [0.05, 0.1) is 11.7 Å². The van der Waals surface area contributed by atoms with Crippen molar-refractivity contribution in [1.82, 2.24) is 0 Å². The topological polar surface area (TPSA) is 90.9 Å². The Hall–Kier alpha value is -0.620. The number of hydrogen-bond acceptors (Lipinski definition) is 4. The van der Waals surface area contributed by atoms with Gasteiger partial charge in [0.2, 0.25) is 0 Å². The number of carboxylic acids is 1. The second-order valence-corrected chi connectivity index (χ2v) is 5.92. The van der Waals surface area contributed by atoms with Crippen molar-refractivity contribution in [3.63, 3.8) is 0 Å². The molecule has 2 atom stereocenters. The minimum atomic E-state index is -2.92. The molecular formula is C8H15NO4S. The molecular weight excluding hydrogens is 206 g/mol. The molecule has 1 fully saturated rings. The summed E-state index contributed by atoms with van der Waals surface area (Å²) in [6.07, 6.45) is 1.00. The zero-order chi connectivity index (χ0) is 10.8. The van der Waals surface area contributed by atoms with Gasteiger partial charge < -0.3 is 15.2 Å². The van der Waals surface area contributed by atoms with Crippen molar-refractivity contribution in [2.75, 3.05) is 11.5 Å². The van der Waals surface area contributed by atoms with Crippen molar-refractivity contribution in [3.8, 4) is 0 Å². The third kappa shape index (κ3) is 2.95. The normalized spacial score (nSPS) is 27.4. The van der Waals surface area contributed by atoms with Crippen LogP contribution in [0.5, 0.6) is 0 Å². The Bertz CT molecular complexity index is 311. The highest BCUT2D eigenvalue weighted by Crippen LogP contribution is 2.08. The number of quaternary nitrogens is 1. The van der Waals surface area contributed by atoms with Crippen molar-refractivity contribution < 1.29 is 23.6 Å². The Morgan fingerprint density at radius 1 is 1.64 bits per heavy atom. The zero-order valence-corrected chi connectivity index (χ0v) is 8.92. The van der Waals surface area contributed by atoms with Crippen molar-refractivity contribution in [2.45, 2.75) is 31.8 Å². The van der Waals surface area contributed by atoms with Crippen molar-refractivity contribution in [3.05, 3.63) is 0 Å². The fourth-order valence-electron chi connectivity index (χ4n) is 1.69. The fourth-order valence-corrected chi connectivity index (χ4v) is 3.44. The van der Waals surface area contributed by atoms with E-state index >= 15 is 0 Å². The number of sulfone groups is 1. The molecule has 0 aromatic heterocycles. The summed E-state index contributed by atoms with van der Waals surface area (Å²) in [4.78, 5) is 10.6. The monoisotopic (exact) mass is 221 g/mol. The number of hydrogen-bond donors (Lipinski definition) is 1. The molecule has 82 valence electrons. The molecule has 0 unspecified atom stereocenters. The van der Waals surface area contributed by atoms with E-state index in [0.717, 1.165) is 0 Å². The summed E-state index contributed by atoms with van der Waals surface area (Å²) in [5, 5.41) is 12.2. The number of aliphatic carboxylic acids is 1. The van der Waals surface area contributed by atoms with Crippen molar-refractivity contribution >= 4 is 15.8 Å². The summed E-state index contributed by atoms with van der Waals surface area (Å²) in [5.74, 6) is -0.842. The second-order valence-electron chi connectivity index (χ2n) is 3.69. The van der Waals surface area contributed by atoms with E-state index in [1.54, 1.807) is 12.2 Å². The van der Waals surface area contributed by atoms with Gasteiger partial charge in [-0.2, -0.15) is 0 Å². The molecule has 0 amide bonds. The van der Waals surface area contributed by atoms with E-state index in [9.17, 15) is 18.3 Å². The predicted octanol–water partition coefficient (Wildman–Crippen LogP) is -2.73. The lowest BCUT2D eigenvalue weighted by Gasteiger charge is -2.17. The Kier molecular flexibility index (Phi) is 3.49. The number of nitrogens with two attached hydrogens (primary N) is 1. The zero-order valence-electron chi connectivity index (χ0n) is 8.10. The first kappa shape index (κ1) is 11.5. The molecule has 0 spiro atoms. The van der Waals surface area contributed by atoms with Gasteiger partial charge in [0.25, 0.3) is 0 Å². The number of carbonyl (C=O) groups is 1. The van der Waals surface area contributed by atoms with Crippen LogP contribution in [-0.4, -0.2) is 38.0 Å². The lowest BCUT2D eigenvalue weighted by atomic mass is 10.2. The molecule has 1 heterocycles. The third-order valence-electron chi connectivity index (χ3n) is 2.51. The van der Waals surface area contributed by atoms with Crippen LogP contribution in [0.4, 0.5) is 0 Å². The van der Waals surface area contributed by atoms with Crippen LogP contribution in [0, 0.1) is 0 Å². The maximum absolute atomic E-state index is 11.1. The highest BCUT2D eigenvalue weighted by Gasteiger charge is 2.32.